The van der Waals surface area contributed by atoms with E-state index in [4.69, 9.17) is 15.2 Å². The normalized spacial score (nSPS) is 14.2. The van der Waals surface area contributed by atoms with E-state index < -0.39 is 0 Å². The van der Waals surface area contributed by atoms with Crippen molar-refractivity contribution in [1.82, 2.24) is 9.88 Å². The van der Waals surface area contributed by atoms with Gasteiger partial charge in [-0.05, 0) is 31.9 Å². The molecule has 1 atom stereocenters. The molecular formula is C23H30N4O2. The summed E-state index contributed by atoms with van der Waals surface area (Å²) in [5, 5.41) is 0. The average Bonchev–Trinajstić information content (AvgIpc) is 2.68. The topological polar surface area (TPSA) is 73.0 Å². The van der Waals surface area contributed by atoms with Gasteiger partial charge in [0.1, 0.15) is 5.75 Å². The van der Waals surface area contributed by atoms with Crippen LogP contribution >= 0.6 is 0 Å². The third-order valence-electron chi connectivity index (χ3n) is 4.84. The van der Waals surface area contributed by atoms with Gasteiger partial charge in [0, 0.05) is 18.2 Å². The summed E-state index contributed by atoms with van der Waals surface area (Å²) in [4.78, 5) is 11.1. The van der Waals surface area contributed by atoms with Crippen LogP contribution in [0, 0.1) is 5.92 Å². The quantitative estimate of drug-likeness (QED) is 0.521. The van der Waals surface area contributed by atoms with E-state index in [1.807, 2.05) is 36.4 Å². The second kappa shape index (κ2) is 9.56. The second-order valence-corrected chi connectivity index (χ2v) is 7.79. The predicted octanol–water partition coefficient (Wildman–Crippen LogP) is 4.64. The van der Waals surface area contributed by atoms with E-state index in [2.05, 4.69) is 48.6 Å². The number of para-hydroxylation sites is 1. The summed E-state index contributed by atoms with van der Waals surface area (Å²) in [7, 11) is 0. The number of nitrogens with two attached hydrogens (primary N) is 1. The molecule has 2 heterocycles. The molecule has 1 aromatic carbocycles. The van der Waals surface area contributed by atoms with Crippen LogP contribution in [0.15, 0.2) is 59.2 Å². The van der Waals surface area contributed by atoms with Crippen LogP contribution in [0.25, 0.3) is 0 Å². The zero-order valence-electron chi connectivity index (χ0n) is 17.6. The zero-order chi connectivity index (χ0) is 20.8. The molecule has 2 aromatic rings. The molecule has 0 aliphatic carbocycles. The molecule has 2 N–H and O–H groups in total. The summed E-state index contributed by atoms with van der Waals surface area (Å²) in [6, 6.07) is 11.7. The number of ether oxygens (including phenoxy) is 2. The molecule has 0 saturated carbocycles. The van der Waals surface area contributed by atoms with Gasteiger partial charge in [-0.25, -0.2) is 9.98 Å². The summed E-state index contributed by atoms with van der Waals surface area (Å²) < 4.78 is 11.8. The Labute approximate surface area is 173 Å². The minimum absolute atomic E-state index is 0.129. The van der Waals surface area contributed by atoms with Crippen LogP contribution in [-0.2, 0) is 11.3 Å². The zero-order valence-corrected chi connectivity index (χ0v) is 17.6. The molecule has 1 aromatic heterocycles. The lowest BCUT2D eigenvalue weighted by Gasteiger charge is -2.37. The molecule has 0 amide bonds. The standard InChI is InChI=1S/C23H30N4O2/c1-16(2)10-11-28-15-21(17(3)4)27-14-18-12-22(25-13-20(18)26-23(27)24)29-19-8-6-5-7-9-19/h5-10,12-13,17,21H,11,14-15H2,1-4H3,(H2,24,26)/t21-/m0/s1. The molecule has 3 rings (SSSR count). The number of fused-ring (bicyclic) bond motifs is 1. The fraction of sp³-hybridized carbons (Fsp3) is 0.391. The van der Waals surface area contributed by atoms with Crippen molar-refractivity contribution in [3.05, 3.63) is 59.8 Å². The van der Waals surface area contributed by atoms with Crippen molar-refractivity contribution in [2.75, 3.05) is 13.2 Å². The van der Waals surface area contributed by atoms with Gasteiger partial charge in [-0.1, -0.05) is 43.7 Å². The van der Waals surface area contributed by atoms with E-state index in [-0.39, 0.29) is 6.04 Å². The van der Waals surface area contributed by atoms with E-state index in [9.17, 15) is 0 Å². The van der Waals surface area contributed by atoms with Crippen molar-refractivity contribution in [2.45, 2.75) is 40.3 Å². The highest BCUT2D eigenvalue weighted by Gasteiger charge is 2.28. The Bertz CT molecular complexity index is 874. The molecule has 1 aliphatic heterocycles. The van der Waals surface area contributed by atoms with E-state index in [0.29, 0.717) is 37.5 Å². The number of hydrogen-bond donors (Lipinski definition) is 1. The van der Waals surface area contributed by atoms with Crippen molar-refractivity contribution >= 4 is 11.6 Å². The summed E-state index contributed by atoms with van der Waals surface area (Å²) in [6.07, 6.45) is 3.80. The number of nitrogens with zero attached hydrogens (tertiary/aromatic N) is 3. The first kappa shape index (κ1) is 20.9. The fourth-order valence-corrected chi connectivity index (χ4v) is 3.16. The first-order valence-electron chi connectivity index (χ1n) is 9.97. The Morgan fingerprint density at radius 3 is 2.69 bits per heavy atom. The molecule has 0 bridgehead atoms. The lowest BCUT2D eigenvalue weighted by atomic mass is 10.0. The van der Waals surface area contributed by atoms with Gasteiger partial charge in [0.2, 0.25) is 5.88 Å². The Kier molecular flexibility index (Phi) is 6.88. The van der Waals surface area contributed by atoms with Gasteiger partial charge >= 0.3 is 0 Å². The van der Waals surface area contributed by atoms with E-state index in [0.717, 1.165) is 17.0 Å². The number of aromatic nitrogens is 1. The van der Waals surface area contributed by atoms with Crippen LogP contribution in [0.1, 0.15) is 33.3 Å². The second-order valence-electron chi connectivity index (χ2n) is 7.79. The van der Waals surface area contributed by atoms with Crippen molar-refractivity contribution in [1.29, 1.82) is 0 Å². The molecule has 6 nitrogen and oxygen atoms in total. The molecule has 0 spiro atoms. The Balaban J connectivity index is 1.75. The van der Waals surface area contributed by atoms with Crippen LogP contribution in [0.4, 0.5) is 5.69 Å². The lowest BCUT2D eigenvalue weighted by Crippen LogP contribution is -2.49. The number of benzene rings is 1. The summed E-state index contributed by atoms with van der Waals surface area (Å²) >= 11 is 0. The minimum Gasteiger partial charge on any atom is -0.439 e. The summed E-state index contributed by atoms with van der Waals surface area (Å²) in [6.45, 7) is 10.3. The molecule has 6 heteroatoms. The Morgan fingerprint density at radius 2 is 2.00 bits per heavy atom. The first-order chi connectivity index (χ1) is 13.9. The minimum atomic E-state index is 0.129. The molecule has 154 valence electrons. The SMILES string of the molecule is CC(C)=CCOC[C@@H](C(C)C)N1Cc2cc(Oc3ccccc3)ncc2N=C1N. The largest absolute Gasteiger partial charge is 0.439 e. The highest BCUT2D eigenvalue weighted by Crippen LogP contribution is 2.31. The van der Waals surface area contributed by atoms with Crippen LogP contribution in [-0.4, -0.2) is 35.1 Å². The van der Waals surface area contributed by atoms with Crippen molar-refractivity contribution in [3.8, 4) is 11.6 Å². The maximum atomic E-state index is 6.30. The molecular weight excluding hydrogens is 364 g/mol. The highest BCUT2D eigenvalue weighted by molar-refractivity contribution is 5.83. The number of rotatable bonds is 8. The van der Waals surface area contributed by atoms with E-state index in [1.165, 1.54) is 5.57 Å². The van der Waals surface area contributed by atoms with Gasteiger partial charge in [-0.2, -0.15) is 0 Å². The van der Waals surface area contributed by atoms with Crippen LogP contribution in [0.5, 0.6) is 11.6 Å². The Hall–Kier alpha value is -2.86. The van der Waals surface area contributed by atoms with Gasteiger partial charge < -0.3 is 20.1 Å². The van der Waals surface area contributed by atoms with Crippen LogP contribution in [0.2, 0.25) is 0 Å². The lowest BCUT2D eigenvalue weighted by molar-refractivity contribution is 0.0787. The van der Waals surface area contributed by atoms with Crippen molar-refractivity contribution in [3.63, 3.8) is 0 Å². The number of allylic oxidation sites excluding steroid dienone is 1. The molecule has 0 radical (unpaired) electrons. The number of pyridine rings is 1. The average molecular weight is 395 g/mol. The van der Waals surface area contributed by atoms with Gasteiger partial charge in [-0.3, -0.25) is 0 Å². The van der Waals surface area contributed by atoms with Gasteiger partial charge in [0.15, 0.2) is 5.96 Å². The molecule has 29 heavy (non-hydrogen) atoms. The van der Waals surface area contributed by atoms with Crippen LogP contribution < -0.4 is 10.5 Å². The molecule has 1 aliphatic rings. The molecule has 0 saturated heterocycles. The number of hydrogen-bond acceptors (Lipinski definition) is 6. The summed E-state index contributed by atoms with van der Waals surface area (Å²) in [5.41, 5.74) is 9.37. The fourth-order valence-electron chi connectivity index (χ4n) is 3.16. The third kappa shape index (κ3) is 5.57. The summed E-state index contributed by atoms with van der Waals surface area (Å²) in [5.74, 6) is 2.16. The van der Waals surface area contributed by atoms with Crippen molar-refractivity contribution in [2.24, 2.45) is 16.6 Å². The van der Waals surface area contributed by atoms with Gasteiger partial charge in [0.25, 0.3) is 0 Å². The third-order valence-corrected chi connectivity index (χ3v) is 4.84. The number of guanidine groups is 1. The number of aliphatic imine (C=N–C) groups is 1. The van der Waals surface area contributed by atoms with Crippen molar-refractivity contribution < 1.29 is 9.47 Å². The maximum absolute atomic E-state index is 6.30. The monoisotopic (exact) mass is 394 g/mol. The molecule has 0 fully saturated rings. The van der Waals surface area contributed by atoms with Gasteiger partial charge in [-0.15, -0.1) is 0 Å². The maximum Gasteiger partial charge on any atom is 0.219 e. The van der Waals surface area contributed by atoms with Gasteiger partial charge in [0.05, 0.1) is 31.1 Å². The van der Waals surface area contributed by atoms with E-state index >= 15 is 0 Å². The first-order valence-corrected chi connectivity index (χ1v) is 9.97. The Morgan fingerprint density at radius 1 is 1.24 bits per heavy atom. The predicted molar refractivity (Wildman–Crippen MR) is 116 cm³/mol. The molecule has 0 unspecified atom stereocenters. The smallest absolute Gasteiger partial charge is 0.219 e. The van der Waals surface area contributed by atoms with E-state index in [1.54, 1.807) is 6.20 Å². The highest BCUT2D eigenvalue weighted by atomic mass is 16.5. The van der Waals surface area contributed by atoms with Crippen LogP contribution in [0.3, 0.4) is 0 Å².